The molecule has 2 unspecified atom stereocenters. The molecule has 2 heteroatoms. The molecule has 0 aromatic rings. The van der Waals surface area contributed by atoms with Crippen LogP contribution in [0.1, 0.15) is 47.0 Å². The van der Waals surface area contributed by atoms with Crippen LogP contribution in [0.4, 0.5) is 0 Å². The third-order valence-electron chi connectivity index (χ3n) is 4.03. The van der Waals surface area contributed by atoms with Gasteiger partial charge in [-0.3, -0.25) is 0 Å². The Morgan fingerprint density at radius 2 is 2.00 bits per heavy atom. The van der Waals surface area contributed by atoms with Crippen molar-refractivity contribution in [3.8, 4) is 0 Å². The van der Waals surface area contributed by atoms with Gasteiger partial charge in [0, 0.05) is 19.1 Å². The van der Waals surface area contributed by atoms with Gasteiger partial charge in [-0.2, -0.15) is 0 Å². The predicted molar refractivity (Wildman–Crippen MR) is 71.4 cm³/mol. The summed E-state index contributed by atoms with van der Waals surface area (Å²) in [5.41, 5.74) is 6.74. The fraction of sp³-hybridized carbons (Fsp3) is 1.00. The van der Waals surface area contributed by atoms with Crippen molar-refractivity contribution in [2.24, 2.45) is 23.0 Å². The summed E-state index contributed by atoms with van der Waals surface area (Å²) >= 11 is 0. The second-order valence-electron chi connectivity index (χ2n) is 6.78. The Labute approximate surface area is 102 Å². The molecule has 1 aliphatic carbocycles. The zero-order chi connectivity index (χ0) is 12.3. The molecule has 0 aromatic carbocycles. The van der Waals surface area contributed by atoms with Gasteiger partial charge in [0.25, 0.3) is 0 Å². The first-order chi connectivity index (χ1) is 7.33. The fourth-order valence-corrected chi connectivity index (χ4v) is 3.11. The highest BCUT2D eigenvalue weighted by atomic mass is 15.1. The second kappa shape index (κ2) is 5.50. The summed E-state index contributed by atoms with van der Waals surface area (Å²) in [5.74, 6) is 1.44. The van der Waals surface area contributed by atoms with E-state index in [9.17, 15) is 0 Å². The molecule has 0 radical (unpaired) electrons. The lowest BCUT2D eigenvalue weighted by molar-refractivity contribution is 0.107. The van der Waals surface area contributed by atoms with E-state index in [1.807, 2.05) is 0 Å². The number of hydrogen-bond acceptors (Lipinski definition) is 2. The first-order valence-corrected chi connectivity index (χ1v) is 6.77. The molecule has 2 N–H and O–H groups in total. The van der Waals surface area contributed by atoms with Crippen LogP contribution in [0.15, 0.2) is 0 Å². The summed E-state index contributed by atoms with van der Waals surface area (Å²) in [6.07, 6.45) is 3.95. The molecule has 0 aliphatic heterocycles. The maximum atomic E-state index is 6.41. The highest BCUT2D eigenvalue weighted by Crippen LogP contribution is 2.37. The van der Waals surface area contributed by atoms with E-state index in [1.54, 1.807) is 0 Å². The first-order valence-electron chi connectivity index (χ1n) is 6.77. The summed E-state index contributed by atoms with van der Waals surface area (Å²) in [5, 5.41) is 0. The summed E-state index contributed by atoms with van der Waals surface area (Å²) in [6, 6.07) is 0.371. The molecule has 16 heavy (non-hydrogen) atoms. The zero-order valence-corrected chi connectivity index (χ0v) is 11.8. The van der Waals surface area contributed by atoms with E-state index >= 15 is 0 Å². The summed E-state index contributed by atoms with van der Waals surface area (Å²) < 4.78 is 0. The largest absolute Gasteiger partial charge is 0.327 e. The van der Waals surface area contributed by atoms with Gasteiger partial charge in [-0.1, -0.05) is 34.1 Å². The molecule has 0 heterocycles. The average Bonchev–Trinajstić information content (AvgIpc) is 2.11. The normalized spacial score (nSPS) is 30.0. The van der Waals surface area contributed by atoms with Crippen LogP contribution >= 0.6 is 0 Å². The zero-order valence-electron chi connectivity index (χ0n) is 11.8. The molecule has 0 spiro atoms. The van der Waals surface area contributed by atoms with E-state index in [-0.39, 0.29) is 0 Å². The summed E-state index contributed by atoms with van der Waals surface area (Å²) in [4.78, 5) is 2.45. The van der Waals surface area contributed by atoms with E-state index in [0.29, 0.717) is 17.4 Å². The van der Waals surface area contributed by atoms with Crippen molar-refractivity contribution in [3.05, 3.63) is 0 Å². The molecule has 96 valence electrons. The maximum absolute atomic E-state index is 6.41. The van der Waals surface area contributed by atoms with Gasteiger partial charge in [0.2, 0.25) is 0 Å². The molecule has 1 fully saturated rings. The van der Waals surface area contributed by atoms with Gasteiger partial charge in [-0.25, -0.2) is 0 Å². The minimum Gasteiger partial charge on any atom is -0.327 e. The number of hydrogen-bond donors (Lipinski definition) is 1. The molecule has 0 saturated heterocycles. The highest BCUT2D eigenvalue weighted by molar-refractivity contribution is 4.92. The lowest BCUT2D eigenvalue weighted by Gasteiger charge is -2.43. The third-order valence-corrected chi connectivity index (χ3v) is 4.03. The van der Waals surface area contributed by atoms with Gasteiger partial charge in [0.1, 0.15) is 0 Å². The van der Waals surface area contributed by atoms with Crippen molar-refractivity contribution in [2.45, 2.75) is 53.0 Å². The van der Waals surface area contributed by atoms with Crippen LogP contribution in [-0.2, 0) is 0 Å². The molecule has 1 saturated carbocycles. The van der Waals surface area contributed by atoms with Gasteiger partial charge in [0.15, 0.2) is 0 Å². The molecule has 1 aliphatic rings. The quantitative estimate of drug-likeness (QED) is 0.798. The molecule has 2 nitrogen and oxygen atoms in total. The van der Waals surface area contributed by atoms with E-state index in [2.05, 4.69) is 39.6 Å². The van der Waals surface area contributed by atoms with Crippen LogP contribution in [0.2, 0.25) is 0 Å². The molecule has 0 bridgehead atoms. The Morgan fingerprint density at radius 3 is 2.56 bits per heavy atom. The summed E-state index contributed by atoms with van der Waals surface area (Å²) in [6.45, 7) is 11.6. The van der Waals surface area contributed by atoms with Gasteiger partial charge in [0.05, 0.1) is 0 Å². The van der Waals surface area contributed by atoms with Gasteiger partial charge in [-0.05, 0) is 37.1 Å². The smallest absolute Gasteiger partial charge is 0.0131 e. The number of nitrogens with zero attached hydrogens (tertiary/aromatic N) is 1. The molecule has 0 aromatic heterocycles. The topological polar surface area (TPSA) is 29.3 Å². The molecular weight excluding hydrogens is 196 g/mol. The van der Waals surface area contributed by atoms with Crippen molar-refractivity contribution >= 4 is 0 Å². The molecule has 1 rings (SSSR count). The minimum absolute atomic E-state index is 0.335. The van der Waals surface area contributed by atoms with Crippen LogP contribution in [0, 0.1) is 17.3 Å². The SMILES string of the molecule is CC(C)CN(C)CC1CCCC(C)(C)C1N. The third kappa shape index (κ3) is 3.74. The van der Waals surface area contributed by atoms with Gasteiger partial charge >= 0.3 is 0 Å². The number of nitrogens with two attached hydrogens (primary N) is 1. The fourth-order valence-electron chi connectivity index (χ4n) is 3.11. The Hall–Kier alpha value is -0.0800. The van der Waals surface area contributed by atoms with Crippen molar-refractivity contribution in [1.82, 2.24) is 4.90 Å². The van der Waals surface area contributed by atoms with Crippen molar-refractivity contribution in [3.63, 3.8) is 0 Å². The predicted octanol–water partition coefficient (Wildman–Crippen LogP) is 2.73. The lowest BCUT2D eigenvalue weighted by atomic mass is 9.68. The highest BCUT2D eigenvalue weighted by Gasteiger charge is 2.36. The van der Waals surface area contributed by atoms with E-state index < -0.39 is 0 Å². The van der Waals surface area contributed by atoms with Crippen molar-refractivity contribution in [2.75, 3.05) is 20.1 Å². The van der Waals surface area contributed by atoms with Crippen LogP contribution in [0.25, 0.3) is 0 Å². The maximum Gasteiger partial charge on any atom is 0.0131 e. The van der Waals surface area contributed by atoms with Crippen LogP contribution in [0.5, 0.6) is 0 Å². The molecule has 2 atom stereocenters. The van der Waals surface area contributed by atoms with Crippen molar-refractivity contribution < 1.29 is 0 Å². The lowest BCUT2D eigenvalue weighted by Crippen LogP contribution is -2.50. The van der Waals surface area contributed by atoms with Crippen molar-refractivity contribution in [1.29, 1.82) is 0 Å². The monoisotopic (exact) mass is 226 g/mol. The van der Waals surface area contributed by atoms with E-state index in [1.165, 1.54) is 32.4 Å². The second-order valence-corrected chi connectivity index (χ2v) is 6.78. The Kier molecular flexibility index (Phi) is 4.81. The van der Waals surface area contributed by atoms with Crippen LogP contribution in [-0.4, -0.2) is 31.1 Å². The Morgan fingerprint density at radius 1 is 1.38 bits per heavy atom. The molecular formula is C14H30N2. The number of rotatable bonds is 4. The average molecular weight is 226 g/mol. The molecule has 0 amide bonds. The van der Waals surface area contributed by atoms with Gasteiger partial charge in [-0.15, -0.1) is 0 Å². The van der Waals surface area contributed by atoms with Crippen LogP contribution < -0.4 is 5.73 Å². The Bertz CT molecular complexity index is 211. The summed E-state index contributed by atoms with van der Waals surface area (Å²) in [7, 11) is 2.23. The van der Waals surface area contributed by atoms with E-state index in [0.717, 1.165) is 5.92 Å². The van der Waals surface area contributed by atoms with E-state index in [4.69, 9.17) is 5.73 Å². The van der Waals surface area contributed by atoms with Crippen LogP contribution in [0.3, 0.4) is 0 Å². The van der Waals surface area contributed by atoms with Gasteiger partial charge < -0.3 is 10.6 Å². The standard InChI is InChI=1S/C14H30N2/c1-11(2)9-16(5)10-12-7-6-8-14(3,4)13(12)15/h11-13H,6-10,15H2,1-5H3. The minimum atomic E-state index is 0.335. The first kappa shape index (κ1) is 14.0. The Balaban J connectivity index is 2.47.